The molecule has 0 spiro atoms. The van der Waals surface area contributed by atoms with E-state index in [1.807, 2.05) is 0 Å². The minimum Gasteiger partial charge on any atom is -0.343 e. The van der Waals surface area contributed by atoms with E-state index in [1.54, 1.807) is 4.90 Å². The van der Waals surface area contributed by atoms with E-state index in [0.29, 0.717) is 6.42 Å². The summed E-state index contributed by atoms with van der Waals surface area (Å²) in [5.74, 6) is -1.24. The number of hydrogen-bond acceptors (Lipinski definition) is 2. The van der Waals surface area contributed by atoms with Crippen LogP contribution in [0.1, 0.15) is 32.1 Å². The second-order valence-corrected chi connectivity index (χ2v) is 5.19. The highest BCUT2D eigenvalue weighted by atomic mass is 19.4. The average molecular weight is 264 g/mol. The number of carbonyl (C=O) groups is 1. The van der Waals surface area contributed by atoms with Crippen LogP contribution in [-0.2, 0) is 4.79 Å². The van der Waals surface area contributed by atoms with Crippen LogP contribution in [0, 0.1) is 5.92 Å². The van der Waals surface area contributed by atoms with Gasteiger partial charge in [-0.3, -0.25) is 4.79 Å². The van der Waals surface area contributed by atoms with E-state index in [1.165, 1.54) is 0 Å². The van der Waals surface area contributed by atoms with Crippen molar-refractivity contribution >= 4 is 5.91 Å². The number of rotatable bonds is 2. The van der Waals surface area contributed by atoms with Crippen LogP contribution in [0.5, 0.6) is 0 Å². The molecule has 1 atom stereocenters. The first-order valence-electron chi connectivity index (χ1n) is 6.54. The van der Waals surface area contributed by atoms with Crippen molar-refractivity contribution in [2.45, 2.75) is 44.3 Å². The van der Waals surface area contributed by atoms with Gasteiger partial charge in [0, 0.05) is 25.6 Å². The van der Waals surface area contributed by atoms with E-state index in [0.717, 1.165) is 19.4 Å². The fraction of sp³-hybridized carbons (Fsp3) is 0.917. The van der Waals surface area contributed by atoms with Crippen molar-refractivity contribution in [3.8, 4) is 0 Å². The molecule has 1 N–H and O–H groups in total. The van der Waals surface area contributed by atoms with Gasteiger partial charge in [-0.05, 0) is 32.2 Å². The monoisotopic (exact) mass is 264 g/mol. The third-order valence-corrected chi connectivity index (χ3v) is 3.89. The standard InChI is InChI=1S/C12H19F3N2O/c13-12(14,15)9-3-6-17(7-4-9)11(18)8-10-2-1-5-16-10/h9-10,16H,1-8H2. The third kappa shape index (κ3) is 3.37. The normalized spacial score (nSPS) is 26.6. The Labute approximate surface area is 105 Å². The molecule has 0 aromatic heterocycles. The molecule has 0 aromatic rings. The summed E-state index contributed by atoms with van der Waals surface area (Å²) in [4.78, 5) is 13.5. The summed E-state index contributed by atoms with van der Waals surface area (Å²) < 4.78 is 37.5. The number of hydrogen-bond donors (Lipinski definition) is 1. The summed E-state index contributed by atoms with van der Waals surface area (Å²) >= 11 is 0. The largest absolute Gasteiger partial charge is 0.391 e. The van der Waals surface area contributed by atoms with E-state index in [9.17, 15) is 18.0 Å². The SMILES string of the molecule is O=C(CC1CCCN1)N1CCC(C(F)(F)F)CC1. The van der Waals surface area contributed by atoms with Gasteiger partial charge in [-0.15, -0.1) is 0 Å². The topological polar surface area (TPSA) is 32.3 Å². The van der Waals surface area contributed by atoms with Crippen LogP contribution < -0.4 is 5.32 Å². The minimum atomic E-state index is -4.11. The molecule has 1 unspecified atom stereocenters. The third-order valence-electron chi connectivity index (χ3n) is 3.89. The molecule has 2 heterocycles. The smallest absolute Gasteiger partial charge is 0.343 e. The van der Waals surface area contributed by atoms with Gasteiger partial charge in [-0.1, -0.05) is 0 Å². The van der Waals surface area contributed by atoms with Gasteiger partial charge in [-0.25, -0.2) is 0 Å². The van der Waals surface area contributed by atoms with Crippen molar-refractivity contribution in [3.63, 3.8) is 0 Å². The number of carbonyl (C=O) groups excluding carboxylic acids is 1. The molecule has 0 saturated carbocycles. The Kier molecular flexibility index (Phi) is 4.14. The van der Waals surface area contributed by atoms with E-state index in [2.05, 4.69) is 5.32 Å². The van der Waals surface area contributed by atoms with Crippen LogP contribution in [0.4, 0.5) is 13.2 Å². The van der Waals surface area contributed by atoms with Gasteiger partial charge in [0.2, 0.25) is 5.91 Å². The maximum absolute atomic E-state index is 12.5. The molecule has 2 rings (SSSR count). The molecule has 2 aliphatic heterocycles. The van der Waals surface area contributed by atoms with Gasteiger partial charge >= 0.3 is 6.18 Å². The van der Waals surface area contributed by atoms with Gasteiger partial charge in [0.1, 0.15) is 0 Å². The zero-order chi connectivity index (χ0) is 13.2. The van der Waals surface area contributed by atoms with Crippen LogP contribution in [0.15, 0.2) is 0 Å². The molecule has 3 nitrogen and oxygen atoms in total. The Bertz CT molecular complexity index is 292. The molecule has 2 saturated heterocycles. The zero-order valence-electron chi connectivity index (χ0n) is 10.3. The van der Waals surface area contributed by atoms with Crippen molar-refractivity contribution in [2.75, 3.05) is 19.6 Å². The first-order chi connectivity index (χ1) is 8.47. The van der Waals surface area contributed by atoms with Crippen molar-refractivity contribution < 1.29 is 18.0 Å². The maximum atomic E-state index is 12.5. The second-order valence-electron chi connectivity index (χ2n) is 5.19. The minimum absolute atomic E-state index is 0.00461. The fourth-order valence-corrected chi connectivity index (χ4v) is 2.73. The molecule has 1 amide bonds. The van der Waals surface area contributed by atoms with E-state index >= 15 is 0 Å². The zero-order valence-corrected chi connectivity index (χ0v) is 10.3. The molecule has 6 heteroatoms. The van der Waals surface area contributed by atoms with Crippen LogP contribution in [0.25, 0.3) is 0 Å². The number of amides is 1. The Hall–Kier alpha value is -0.780. The Morgan fingerprint density at radius 1 is 1.22 bits per heavy atom. The second kappa shape index (κ2) is 5.47. The summed E-state index contributed by atoms with van der Waals surface area (Å²) in [6, 6.07) is 0.220. The molecular weight excluding hydrogens is 245 g/mol. The van der Waals surface area contributed by atoms with E-state index in [-0.39, 0.29) is 37.9 Å². The highest BCUT2D eigenvalue weighted by Crippen LogP contribution is 2.34. The lowest BCUT2D eigenvalue weighted by Crippen LogP contribution is -2.43. The number of piperidine rings is 1. The Morgan fingerprint density at radius 2 is 1.89 bits per heavy atom. The summed E-state index contributed by atoms with van der Waals surface area (Å²) in [7, 11) is 0. The van der Waals surface area contributed by atoms with Gasteiger partial charge in [0.15, 0.2) is 0 Å². The molecule has 2 aliphatic rings. The molecule has 0 radical (unpaired) electrons. The highest BCUT2D eigenvalue weighted by Gasteiger charge is 2.41. The number of halogens is 3. The fourth-order valence-electron chi connectivity index (χ4n) is 2.73. The number of nitrogens with zero attached hydrogens (tertiary/aromatic N) is 1. The maximum Gasteiger partial charge on any atom is 0.391 e. The van der Waals surface area contributed by atoms with Gasteiger partial charge in [-0.2, -0.15) is 13.2 Å². The lowest BCUT2D eigenvalue weighted by molar-refractivity contribution is -0.186. The predicted octanol–water partition coefficient (Wildman–Crippen LogP) is 1.93. The van der Waals surface area contributed by atoms with Gasteiger partial charge in [0.25, 0.3) is 0 Å². The van der Waals surface area contributed by atoms with Crippen molar-refractivity contribution in [2.24, 2.45) is 5.92 Å². The van der Waals surface area contributed by atoms with Crippen LogP contribution in [-0.4, -0.2) is 42.7 Å². The Balaban J connectivity index is 1.76. The molecule has 2 fully saturated rings. The quantitative estimate of drug-likeness (QED) is 0.826. The van der Waals surface area contributed by atoms with Crippen molar-refractivity contribution in [1.82, 2.24) is 10.2 Å². The summed E-state index contributed by atoms with van der Waals surface area (Å²) in [5, 5.41) is 3.23. The first-order valence-corrected chi connectivity index (χ1v) is 6.54. The van der Waals surface area contributed by atoms with Crippen LogP contribution in [0.3, 0.4) is 0 Å². The highest BCUT2D eigenvalue weighted by molar-refractivity contribution is 5.77. The van der Waals surface area contributed by atoms with Crippen molar-refractivity contribution in [1.29, 1.82) is 0 Å². The number of likely N-dealkylation sites (tertiary alicyclic amines) is 1. The Morgan fingerprint density at radius 3 is 2.39 bits per heavy atom. The average Bonchev–Trinajstić information content (AvgIpc) is 2.81. The molecule has 18 heavy (non-hydrogen) atoms. The van der Waals surface area contributed by atoms with Gasteiger partial charge < -0.3 is 10.2 Å². The van der Waals surface area contributed by atoms with Crippen LogP contribution >= 0.6 is 0 Å². The summed E-state index contributed by atoms with van der Waals surface area (Å²) in [6.45, 7) is 1.43. The lowest BCUT2D eigenvalue weighted by Gasteiger charge is -2.33. The number of nitrogens with one attached hydrogen (secondary N) is 1. The molecule has 0 bridgehead atoms. The first kappa shape index (κ1) is 13.6. The molecular formula is C12H19F3N2O. The molecule has 0 aliphatic carbocycles. The molecule has 0 aromatic carbocycles. The summed E-state index contributed by atoms with van der Waals surface area (Å²) in [6.07, 6.45) is -1.52. The predicted molar refractivity (Wildman–Crippen MR) is 61.0 cm³/mol. The lowest BCUT2D eigenvalue weighted by atomic mass is 9.96. The number of alkyl halides is 3. The molecule has 104 valence electrons. The van der Waals surface area contributed by atoms with Crippen LogP contribution in [0.2, 0.25) is 0 Å². The van der Waals surface area contributed by atoms with Gasteiger partial charge in [0.05, 0.1) is 5.92 Å². The van der Waals surface area contributed by atoms with E-state index < -0.39 is 12.1 Å². The summed E-state index contributed by atoms with van der Waals surface area (Å²) in [5.41, 5.74) is 0. The van der Waals surface area contributed by atoms with Crippen molar-refractivity contribution in [3.05, 3.63) is 0 Å². The van der Waals surface area contributed by atoms with E-state index in [4.69, 9.17) is 0 Å².